The van der Waals surface area contributed by atoms with Gasteiger partial charge in [-0.2, -0.15) is 0 Å². The summed E-state index contributed by atoms with van der Waals surface area (Å²) in [4.78, 5) is 11.6. The lowest BCUT2D eigenvalue weighted by Crippen LogP contribution is -1.91. The van der Waals surface area contributed by atoms with Crippen molar-refractivity contribution in [1.29, 1.82) is 0 Å². The first-order valence-corrected chi connectivity index (χ1v) is 7.41. The van der Waals surface area contributed by atoms with Crippen molar-refractivity contribution in [3.05, 3.63) is 41.3 Å². The zero-order valence-corrected chi connectivity index (χ0v) is 11.6. The molecule has 0 aliphatic heterocycles. The number of thiophene rings is 1. The quantitative estimate of drug-likeness (QED) is 0.722. The van der Waals surface area contributed by atoms with E-state index in [1.807, 2.05) is 17.5 Å². The molecule has 0 aliphatic carbocycles. The maximum absolute atomic E-state index is 10.7. The number of hydrogen-bond donors (Lipinski definition) is 1. The first kappa shape index (κ1) is 12.9. The summed E-state index contributed by atoms with van der Waals surface area (Å²) in [5.74, 6) is 0.199. The Balaban J connectivity index is 1.65. The van der Waals surface area contributed by atoms with Crippen LogP contribution < -0.4 is 0 Å². The van der Waals surface area contributed by atoms with Crippen LogP contribution in [0.2, 0.25) is 0 Å². The van der Waals surface area contributed by atoms with Gasteiger partial charge in [-0.3, -0.25) is 0 Å². The number of nitrogens with zero attached hydrogens (tertiary/aromatic N) is 2. The molecule has 0 saturated carbocycles. The number of furan rings is 1. The molecule has 3 heterocycles. The van der Waals surface area contributed by atoms with Gasteiger partial charge in [0.1, 0.15) is 0 Å². The van der Waals surface area contributed by atoms with E-state index >= 15 is 0 Å². The number of aromatic carboxylic acids is 1. The molecule has 0 bridgehead atoms. The Kier molecular flexibility index (Phi) is 3.57. The fourth-order valence-corrected chi connectivity index (χ4v) is 2.80. The maximum Gasteiger partial charge on any atom is 0.371 e. The normalized spacial score (nSPS) is 10.8. The van der Waals surface area contributed by atoms with Crippen molar-refractivity contribution in [3.8, 4) is 10.8 Å². The molecule has 0 aliphatic rings. The summed E-state index contributed by atoms with van der Waals surface area (Å²) in [6, 6.07) is 6.83. The summed E-state index contributed by atoms with van der Waals surface area (Å²) in [6.45, 7) is 0. The molecule has 102 valence electrons. The highest BCUT2D eigenvalue weighted by atomic mass is 32.2. The number of carbonyl (C=O) groups is 1. The average Bonchev–Trinajstić information content (AvgIpc) is 3.17. The van der Waals surface area contributed by atoms with Crippen LogP contribution in [-0.4, -0.2) is 21.3 Å². The number of thioether (sulfide) groups is 1. The molecule has 0 aromatic carbocycles. The van der Waals surface area contributed by atoms with Crippen LogP contribution in [0.5, 0.6) is 0 Å². The van der Waals surface area contributed by atoms with Gasteiger partial charge in [0.05, 0.1) is 10.6 Å². The van der Waals surface area contributed by atoms with E-state index in [4.69, 9.17) is 13.9 Å². The fourth-order valence-electron chi connectivity index (χ4n) is 1.46. The van der Waals surface area contributed by atoms with Crippen LogP contribution >= 0.6 is 23.1 Å². The minimum atomic E-state index is -1.09. The molecule has 3 aromatic rings. The van der Waals surface area contributed by atoms with Crippen LogP contribution in [0.15, 0.2) is 43.6 Å². The third kappa shape index (κ3) is 2.75. The third-order valence-corrected chi connectivity index (χ3v) is 4.08. The SMILES string of the molecule is O=C(O)c1ccc(SCc2nnc(-c3cccs3)o2)o1. The topological polar surface area (TPSA) is 89.4 Å². The molecule has 0 atom stereocenters. The number of rotatable bonds is 5. The molecule has 0 saturated heterocycles. The van der Waals surface area contributed by atoms with Gasteiger partial charge in [-0.1, -0.05) is 17.8 Å². The van der Waals surface area contributed by atoms with Gasteiger partial charge in [0.15, 0.2) is 5.09 Å². The summed E-state index contributed by atoms with van der Waals surface area (Å²) < 4.78 is 10.6. The average molecular weight is 308 g/mol. The molecule has 3 aromatic heterocycles. The molecule has 0 spiro atoms. The minimum Gasteiger partial charge on any atom is -0.475 e. The van der Waals surface area contributed by atoms with E-state index in [0.717, 1.165) is 4.88 Å². The third-order valence-electron chi connectivity index (χ3n) is 2.33. The van der Waals surface area contributed by atoms with Gasteiger partial charge < -0.3 is 13.9 Å². The molecule has 0 amide bonds. The fraction of sp³-hybridized carbons (Fsp3) is 0.0833. The van der Waals surface area contributed by atoms with Crippen molar-refractivity contribution in [3.63, 3.8) is 0 Å². The summed E-state index contributed by atoms with van der Waals surface area (Å²) in [5.41, 5.74) is 0. The summed E-state index contributed by atoms with van der Waals surface area (Å²) in [7, 11) is 0. The molecular weight excluding hydrogens is 300 g/mol. The Hall–Kier alpha value is -2.06. The van der Waals surface area contributed by atoms with Gasteiger partial charge in [-0.15, -0.1) is 21.5 Å². The number of carboxylic acid groups (broad SMARTS) is 1. The molecule has 6 nitrogen and oxygen atoms in total. The maximum atomic E-state index is 10.7. The Morgan fingerprint density at radius 1 is 1.30 bits per heavy atom. The molecule has 20 heavy (non-hydrogen) atoms. The van der Waals surface area contributed by atoms with Crippen LogP contribution in [0, 0.1) is 0 Å². The Labute approximate surface area is 121 Å². The Morgan fingerprint density at radius 3 is 2.90 bits per heavy atom. The number of carboxylic acids is 1. The number of hydrogen-bond acceptors (Lipinski definition) is 7. The van der Waals surface area contributed by atoms with E-state index in [2.05, 4.69) is 10.2 Å². The monoisotopic (exact) mass is 308 g/mol. The van der Waals surface area contributed by atoms with Crippen molar-refractivity contribution in [2.45, 2.75) is 10.8 Å². The zero-order valence-electron chi connectivity index (χ0n) is 9.98. The molecule has 0 radical (unpaired) electrons. The highest BCUT2D eigenvalue weighted by Crippen LogP contribution is 2.27. The van der Waals surface area contributed by atoms with Gasteiger partial charge in [-0.25, -0.2) is 4.79 Å². The zero-order chi connectivity index (χ0) is 13.9. The largest absolute Gasteiger partial charge is 0.475 e. The second-order valence-corrected chi connectivity index (χ2v) is 5.62. The molecule has 0 fully saturated rings. The lowest BCUT2D eigenvalue weighted by atomic mass is 10.5. The van der Waals surface area contributed by atoms with Crippen molar-refractivity contribution in [2.75, 3.05) is 0 Å². The predicted octanol–water partition coefficient (Wildman–Crippen LogP) is 3.38. The smallest absolute Gasteiger partial charge is 0.371 e. The summed E-state index contributed by atoms with van der Waals surface area (Å²) >= 11 is 2.82. The van der Waals surface area contributed by atoms with E-state index in [1.165, 1.54) is 29.2 Å². The summed E-state index contributed by atoms with van der Waals surface area (Å²) in [5, 5.41) is 19.1. The lowest BCUT2D eigenvalue weighted by Gasteiger charge is -1.92. The molecule has 3 rings (SSSR count). The predicted molar refractivity (Wildman–Crippen MR) is 72.8 cm³/mol. The molecule has 1 N–H and O–H groups in total. The van der Waals surface area contributed by atoms with E-state index < -0.39 is 5.97 Å². The van der Waals surface area contributed by atoms with Crippen LogP contribution in [0.1, 0.15) is 16.4 Å². The van der Waals surface area contributed by atoms with Gasteiger partial charge in [-0.05, 0) is 23.6 Å². The van der Waals surface area contributed by atoms with Crippen molar-refractivity contribution < 1.29 is 18.7 Å². The Bertz CT molecular complexity index is 717. The lowest BCUT2D eigenvalue weighted by molar-refractivity contribution is 0.0656. The highest BCUT2D eigenvalue weighted by Gasteiger charge is 2.12. The second kappa shape index (κ2) is 5.51. The Morgan fingerprint density at radius 2 is 2.20 bits per heavy atom. The number of aromatic nitrogens is 2. The summed E-state index contributed by atoms with van der Waals surface area (Å²) in [6.07, 6.45) is 0. The highest BCUT2D eigenvalue weighted by molar-refractivity contribution is 7.98. The van der Waals surface area contributed by atoms with Crippen LogP contribution in [0.25, 0.3) is 10.8 Å². The van der Waals surface area contributed by atoms with E-state index in [1.54, 1.807) is 6.07 Å². The first-order valence-electron chi connectivity index (χ1n) is 5.54. The second-order valence-electron chi connectivity index (χ2n) is 3.69. The van der Waals surface area contributed by atoms with Crippen LogP contribution in [0.3, 0.4) is 0 Å². The van der Waals surface area contributed by atoms with Crippen molar-refractivity contribution in [1.82, 2.24) is 10.2 Å². The first-order chi connectivity index (χ1) is 9.72. The van der Waals surface area contributed by atoms with Gasteiger partial charge in [0.25, 0.3) is 5.89 Å². The van der Waals surface area contributed by atoms with Crippen LogP contribution in [-0.2, 0) is 5.75 Å². The van der Waals surface area contributed by atoms with Crippen molar-refractivity contribution >= 4 is 29.1 Å². The minimum absolute atomic E-state index is 0.0858. The molecule has 8 heteroatoms. The van der Waals surface area contributed by atoms with Gasteiger partial charge in [0, 0.05) is 0 Å². The van der Waals surface area contributed by atoms with Crippen LogP contribution in [0.4, 0.5) is 0 Å². The van der Waals surface area contributed by atoms with E-state index in [9.17, 15) is 4.79 Å². The van der Waals surface area contributed by atoms with Gasteiger partial charge >= 0.3 is 5.97 Å². The molecule has 0 unspecified atom stereocenters. The van der Waals surface area contributed by atoms with Gasteiger partial charge in [0.2, 0.25) is 11.7 Å². The van der Waals surface area contributed by atoms with Crippen molar-refractivity contribution in [2.24, 2.45) is 0 Å². The molecular formula is C12H8N2O4S2. The van der Waals surface area contributed by atoms with E-state index in [0.29, 0.717) is 22.6 Å². The standard InChI is InChI=1S/C12H8N2O4S2/c15-12(16)7-3-4-10(17-7)20-6-9-13-14-11(18-9)8-2-1-5-19-8/h1-5H,6H2,(H,15,16). The van der Waals surface area contributed by atoms with E-state index in [-0.39, 0.29) is 5.76 Å².